The monoisotopic (exact) mass is 459 g/mol. The molecule has 2 N–H and O–H groups in total. The van der Waals surface area contributed by atoms with E-state index in [1.165, 1.54) is 18.4 Å². The molecule has 0 unspecified atom stereocenters. The summed E-state index contributed by atoms with van der Waals surface area (Å²) in [7, 11) is 2.20. The fraction of sp³-hybridized carbons (Fsp3) is 0.250. The first-order valence-corrected chi connectivity index (χ1v) is 11.8. The van der Waals surface area contributed by atoms with Gasteiger partial charge in [-0.2, -0.15) is 0 Å². The Kier molecular flexibility index (Phi) is 7.95. The first-order chi connectivity index (χ1) is 16.1. The number of nitrogens with one attached hydrogen (secondary N) is 2. The minimum Gasteiger partial charge on any atom is -0.323 e. The zero-order chi connectivity index (χ0) is 23.0. The van der Waals surface area contributed by atoms with Crippen molar-refractivity contribution >= 4 is 29.3 Å². The van der Waals surface area contributed by atoms with Crippen LogP contribution in [0, 0.1) is 0 Å². The van der Waals surface area contributed by atoms with Gasteiger partial charge < -0.3 is 10.6 Å². The van der Waals surface area contributed by atoms with Crippen LogP contribution in [0.15, 0.2) is 78.9 Å². The highest BCUT2D eigenvalue weighted by Crippen LogP contribution is 2.23. The highest BCUT2D eigenvalue weighted by molar-refractivity contribution is 6.30. The van der Waals surface area contributed by atoms with E-state index >= 15 is 0 Å². The molecule has 0 aliphatic carbocycles. The Morgan fingerprint density at radius 2 is 1.58 bits per heavy atom. The lowest BCUT2D eigenvalue weighted by Gasteiger charge is -2.31. The summed E-state index contributed by atoms with van der Waals surface area (Å²) in [5, 5.41) is 7.05. The van der Waals surface area contributed by atoms with Crippen LogP contribution in [-0.4, -0.2) is 37.0 Å². The third-order valence-electron chi connectivity index (χ3n) is 6.10. The van der Waals surface area contributed by atoms with Crippen LogP contribution in [0.1, 0.15) is 24.0 Å². The van der Waals surface area contributed by atoms with Crippen molar-refractivity contribution in [3.8, 4) is 11.1 Å². The highest BCUT2D eigenvalue weighted by atomic mass is 35.5. The minimum absolute atomic E-state index is 0.149. The molecule has 0 aromatic heterocycles. The average molecular weight is 460 g/mol. The van der Waals surface area contributed by atoms with Crippen LogP contribution in [0.3, 0.4) is 0 Å². The van der Waals surface area contributed by atoms with E-state index in [1.807, 2.05) is 54.6 Å². The van der Waals surface area contributed by atoms with E-state index in [9.17, 15) is 4.79 Å². The van der Waals surface area contributed by atoms with E-state index in [2.05, 4.69) is 46.8 Å². The summed E-state index contributed by atoms with van der Waals surface area (Å²) in [5.41, 5.74) is 5.22. The Hall–Kier alpha value is -2.92. The van der Waals surface area contributed by atoms with Gasteiger partial charge in [-0.3, -0.25) is 9.69 Å². The van der Waals surface area contributed by atoms with E-state index in [4.69, 9.17) is 11.6 Å². The summed E-state index contributed by atoms with van der Waals surface area (Å²) in [6, 6.07) is 24.6. The second kappa shape index (κ2) is 11.3. The molecule has 1 saturated heterocycles. The lowest BCUT2D eigenvalue weighted by molar-refractivity contribution is -0.111. The van der Waals surface area contributed by atoms with Crippen LogP contribution < -0.4 is 10.6 Å². The molecule has 4 rings (SSSR count). The largest absolute Gasteiger partial charge is 0.323 e. The molecule has 0 atom stereocenters. The van der Waals surface area contributed by atoms with E-state index in [0.717, 1.165) is 42.0 Å². The molecule has 1 heterocycles. The number of piperidine rings is 1. The maximum atomic E-state index is 12.3. The SMILES string of the molecule is CN(Cc1ccc(C=CC(=O)Nc2ccc(-c3ccc(Cl)cc3)cc2)cc1)C1CCNCC1. The number of carbonyl (C=O) groups excluding carboxylic acids is 1. The molecule has 1 aliphatic rings. The van der Waals surface area contributed by atoms with Gasteiger partial charge in [0.2, 0.25) is 5.91 Å². The normalized spacial score (nSPS) is 14.6. The Bertz CT molecular complexity index is 1070. The molecular weight excluding hydrogens is 430 g/mol. The lowest BCUT2D eigenvalue weighted by Crippen LogP contribution is -2.40. The smallest absolute Gasteiger partial charge is 0.248 e. The molecule has 0 bridgehead atoms. The number of anilines is 1. The molecular formula is C28H30ClN3O. The third kappa shape index (κ3) is 6.78. The molecule has 0 radical (unpaired) electrons. The summed E-state index contributed by atoms with van der Waals surface area (Å²) in [4.78, 5) is 14.8. The maximum absolute atomic E-state index is 12.3. The fourth-order valence-corrected chi connectivity index (χ4v) is 4.27. The minimum atomic E-state index is -0.149. The zero-order valence-electron chi connectivity index (χ0n) is 18.9. The van der Waals surface area contributed by atoms with Crippen molar-refractivity contribution in [3.63, 3.8) is 0 Å². The van der Waals surface area contributed by atoms with Crippen molar-refractivity contribution in [1.29, 1.82) is 0 Å². The molecule has 1 fully saturated rings. The van der Waals surface area contributed by atoms with Gasteiger partial charge in [0.1, 0.15) is 0 Å². The second-order valence-electron chi connectivity index (χ2n) is 8.54. The number of benzene rings is 3. The molecule has 33 heavy (non-hydrogen) atoms. The predicted octanol–water partition coefficient (Wildman–Crippen LogP) is 5.84. The first kappa shape index (κ1) is 23.2. The summed E-state index contributed by atoms with van der Waals surface area (Å²) in [6.45, 7) is 3.15. The molecule has 0 spiro atoms. The summed E-state index contributed by atoms with van der Waals surface area (Å²) in [5.74, 6) is -0.149. The number of nitrogens with zero attached hydrogens (tertiary/aromatic N) is 1. The first-order valence-electron chi connectivity index (χ1n) is 11.4. The standard InChI is InChI=1S/C28H30ClN3O/c1-32(27-16-18-30-19-17-27)20-22-4-2-21(3-5-22)6-15-28(33)31-26-13-9-24(10-14-26)23-7-11-25(29)12-8-23/h2-15,27,30H,16-20H2,1H3,(H,31,33). The van der Waals surface area contributed by atoms with Crippen molar-refractivity contribution in [1.82, 2.24) is 10.2 Å². The third-order valence-corrected chi connectivity index (χ3v) is 6.35. The van der Waals surface area contributed by atoms with Crippen LogP contribution >= 0.6 is 11.6 Å². The highest BCUT2D eigenvalue weighted by Gasteiger charge is 2.17. The molecule has 0 saturated carbocycles. The van der Waals surface area contributed by atoms with E-state index < -0.39 is 0 Å². The van der Waals surface area contributed by atoms with Crippen LogP contribution in [0.4, 0.5) is 5.69 Å². The van der Waals surface area contributed by atoms with E-state index in [0.29, 0.717) is 11.1 Å². The molecule has 4 nitrogen and oxygen atoms in total. The topological polar surface area (TPSA) is 44.4 Å². The van der Waals surface area contributed by atoms with Gasteiger partial charge in [0.25, 0.3) is 0 Å². The van der Waals surface area contributed by atoms with Gasteiger partial charge in [0.05, 0.1) is 0 Å². The van der Waals surface area contributed by atoms with E-state index in [-0.39, 0.29) is 5.91 Å². The Balaban J connectivity index is 1.28. The Morgan fingerprint density at radius 1 is 0.970 bits per heavy atom. The second-order valence-corrected chi connectivity index (χ2v) is 8.98. The Morgan fingerprint density at radius 3 is 2.21 bits per heavy atom. The summed E-state index contributed by atoms with van der Waals surface area (Å²) in [6.07, 6.45) is 5.83. The van der Waals surface area contributed by atoms with Gasteiger partial charge in [-0.05, 0) is 85.6 Å². The lowest BCUT2D eigenvalue weighted by atomic mass is 10.0. The Labute approximate surface area is 201 Å². The number of halogens is 1. The number of carbonyl (C=O) groups is 1. The summed E-state index contributed by atoms with van der Waals surface area (Å²) < 4.78 is 0. The molecule has 1 aliphatic heterocycles. The van der Waals surface area contributed by atoms with Crippen LogP contribution in [0.25, 0.3) is 17.2 Å². The predicted molar refractivity (Wildman–Crippen MR) is 138 cm³/mol. The fourth-order valence-electron chi connectivity index (χ4n) is 4.14. The van der Waals surface area contributed by atoms with E-state index in [1.54, 1.807) is 6.08 Å². The van der Waals surface area contributed by atoms with Gasteiger partial charge in [-0.25, -0.2) is 0 Å². The molecule has 5 heteroatoms. The number of hydrogen-bond donors (Lipinski definition) is 2. The maximum Gasteiger partial charge on any atom is 0.248 e. The molecule has 1 amide bonds. The van der Waals surface area contributed by atoms with Crippen LogP contribution in [0.2, 0.25) is 5.02 Å². The van der Waals surface area contributed by atoms with Crippen molar-refractivity contribution in [2.24, 2.45) is 0 Å². The molecule has 3 aromatic rings. The van der Waals surface area contributed by atoms with Crippen molar-refractivity contribution in [2.75, 3.05) is 25.5 Å². The van der Waals surface area contributed by atoms with Gasteiger partial charge in [0.15, 0.2) is 0 Å². The molecule has 3 aromatic carbocycles. The average Bonchev–Trinajstić information content (AvgIpc) is 2.85. The van der Waals surface area contributed by atoms with Gasteiger partial charge in [-0.1, -0.05) is 60.1 Å². The number of rotatable bonds is 7. The number of hydrogen-bond acceptors (Lipinski definition) is 3. The van der Waals surface area contributed by atoms with Crippen LogP contribution in [-0.2, 0) is 11.3 Å². The van der Waals surface area contributed by atoms with Crippen molar-refractivity contribution in [3.05, 3.63) is 95.0 Å². The van der Waals surface area contributed by atoms with Crippen molar-refractivity contribution in [2.45, 2.75) is 25.4 Å². The van der Waals surface area contributed by atoms with Gasteiger partial charge >= 0.3 is 0 Å². The van der Waals surface area contributed by atoms with Gasteiger partial charge in [0, 0.05) is 29.4 Å². The van der Waals surface area contributed by atoms with Gasteiger partial charge in [-0.15, -0.1) is 0 Å². The van der Waals surface area contributed by atoms with Crippen molar-refractivity contribution < 1.29 is 4.79 Å². The van der Waals surface area contributed by atoms with Crippen LogP contribution in [0.5, 0.6) is 0 Å². The molecule has 170 valence electrons. The number of amides is 1. The summed E-state index contributed by atoms with van der Waals surface area (Å²) >= 11 is 5.95. The zero-order valence-corrected chi connectivity index (χ0v) is 19.7. The quantitative estimate of drug-likeness (QED) is 0.436.